The second kappa shape index (κ2) is 5.74. The summed E-state index contributed by atoms with van der Waals surface area (Å²) in [7, 11) is 3.92. The van der Waals surface area contributed by atoms with Gasteiger partial charge in [-0.25, -0.2) is 4.98 Å². The number of hydrogen-bond donors (Lipinski definition) is 1. The van der Waals surface area contributed by atoms with Gasteiger partial charge in [0.2, 0.25) is 0 Å². The van der Waals surface area contributed by atoms with Crippen LogP contribution >= 0.6 is 23.2 Å². The zero-order chi connectivity index (χ0) is 13.1. The highest BCUT2D eigenvalue weighted by Crippen LogP contribution is 2.26. The molecule has 1 aromatic heterocycles. The maximum Gasteiger partial charge on any atom is 0.110 e. The second-order valence-corrected chi connectivity index (χ2v) is 4.99. The number of aromatic nitrogens is 2. The van der Waals surface area contributed by atoms with E-state index in [9.17, 15) is 0 Å². The lowest BCUT2D eigenvalue weighted by Crippen LogP contribution is -2.20. The molecule has 0 bridgehead atoms. The summed E-state index contributed by atoms with van der Waals surface area (Å²) in [6, 6.07) is 5.87. The molecule has 1 heterocycles. The minimum absolute atomic E-state index is 0.167. The molecule has 1 N–H and O–H groups in total. The maximum atomic E-state index is 6.05. The first-order valence-electron chi connectivity index (χ1n) is 5.70. The van der Waals surface area contributed by atoms with Crippen LogP contribution in [0.25, 0.3) is 0 Å². The summed E-state index contributed by atoms with van der Waals surface area (Å²) in [4.78, 5) is 4.33. The van der Waals surface area contributed by atoms with E-state index in [4.69, 9.17) is 23.2 Å². The van der Waals surface area contributed by atoms with E-state index in [1.165, 1.54) is 0 Å². The average Bonchev–Trinajstić information content (AvgIpc) is 2.75. The number of nitrogens with zero attached hydrogens (tertiary/aromatic N) is 2. The first-order valence-corrected chi connectivity index (χ1v) is 6.46. The fourth-order valence-corrected chi connectivity index (χ4v) is 2.20. The molecule has 0 fully saturated rings. The predicted octanol–water partition coefficient (Wildman–Crippen LogP) is 3.23. The fraction of sp³-hybridized carbons (Fsp3) is 0.308. The van der Waals surface area contributed by atoms with E-state index in [1.807, 2.05) is 43.1 Å². The predicted molar refractivity (Wildman–Crippen MR) is 75.2 cm³/mol. The highest BCUT2D eigenvalue weighted by Gasteiger charge is 2.13. The smallest absolute Gasteiger partial charge is 0.110 e. The van der Waals surface area contributed by atoms with Crippen LogP contribution in [-0.2, 0) is 13.5 Å². The minimum Gasteiger partial charge on any atom is -0.338 e. The molecule has 1 aromatic carbocycles. The van der Waals surface area contributed by atoms with Crippen LogP contribution in [0.1, 0.15) is 17.4 Å². The van der Waals surface area contributed by atoms with Gasteiger partial charge in [0.1, 0.15) is 5.82 Å². The molecule has 0 spiro atoms. The lowest BCUT2D eigenvalue weighted by molar-refractivity contribution is 0.564. The zero-order valence-corrected chi connectivity index (χ0v) is 11.8. The molecule has 1 unspecified atom stereocenters. The summed E-state index contributed by atoms with van der Waals surface area (Å²) >= 11 is 12.0. The molecular formula is C13H15Cl2N3. The maximum absolute atomic E-state index is 6.05. The van der Waals surface area contributed by atoms with E-state index in [2.05, 4.69) is 10.3 Å². The Morgan fingerprint density at radius 2 is 2.11 bits per heavy atom. The highest BCUT2D eigenvalue weighted by molar-refractivity contribution is 6.42. The number of imidazole rings is 1. The van der Waals surface area contributed by atoms with Crippen LogP contribution in [0.3, 0.4) is 0 Å². The van der Waals surface area contributed by atoms with Crippen molar-refractivity contribution < 1.29 is 0 Å². The quantitative estimate of drug-likeness (QED) is 0.934. The topological polar surface area (TPSA) is 29.9 Å². The summed E-state index contributed by atoms with van der Waals surface area (Å²) in [5.41, 5.74) is 1.11. The van der Waals surface area contributed by atoms with E-state index < -0.39 is 0 Å². The molecular weight excluding hydrogens is 269 g/mol. The summed E-state index contributed by atoms with van der Waals surface area (Å²) in [5.74, 6) is 1.03. The Morgan fingerprint density at radius 1 is 1.33 bits per heavy atom. The summed E-state index contributed by atoms with van der Waals surface area (Å²) in [6.07, 6.45) is 4.55. The Labute approximate surface area is 117 Å². The Morgan fingerprint density at radius 3 is 2.67 bits per heavy atom. The van der Waals surface area contributed by atoms with E-state index >= 15 is 0 Å². The van der Waals surface area contributed by atoms with Crippen LogP contribution in [-0.4, -0.2) is 16.6 Å². The van der Waals surface area contributed by atoms with E-state index in [1.54, 1.807) is 6.20 Å². The number of nitrogens with one attached hydrogen (secondary N) is 1. The summed E-state index contributed by atoms with van der Waals surface area (Å²) in [6.45, 7) is 0. The average molecular weight is 284 g/mol. The molecule has 0 saturated heterocycles. The van der Waals surface area contributed by atoms with Gasteiger partial charge in [-0.15, -0.1) is 0 Å². The van der Waals surface area contributed by atoms with Crippen molar-refractivity contribution in [3.63, 3.8) is 0 Å². The highest BCUT2D eigenvalue weighted by atomic mass is 35.5. The van der Waals surface area contributed by atoms with Gasteiger partial charge in [-0.05, 0) is 24.7 Å². The number of rotatable bonds is 4. The van der Waals surface area contributed by atoms with Gasteiger partial charge < -0.3 is 9.88 Å². The second-order valence-electron chi connectivity index (χ2n) is 4.17. The first-order chi connectivity index (χ1) is 8.61. The van der Waals surface area contributed by atoms with Crippen LogP contribution < -0.4 is 5.32 Å². The van der Waals surface area contributed by atoms with Crippen LogP contribution in [0.2, 0.25) is 10.0 Å². The van der Waals surface area contributed by atoms with Crippen molar-refractivity contribution in [1.29, 1.82) is 0 Å². The third-order valence-corrected chi connectivity index (χ3v) is 3.74. The molecule has 0 aliphatic carbocycles. The third-order valence-electron chi connectivity index (χ3n) is 3.00. The molecule has 2 rings (SSSR count). The summed E-state index contributed by atoms with van der Waals surface area (Å²) in [5, 5.41) is 4.43. The Balaban J connectivity index is 2.23. The number of benzene rings is 1. The van der Waals surface area contributed by atoms with Crippen LogP contribution in [0.15, 0.2) is 30.6 Å². The van der Waals surface area contributed by atoms with Crippen molar-refractivity contribution in [3.05, 3.63) is 52.0 Å². The summed E-state index contributed by atoms with van der Waals surface area (Å²) < 4.78 is 2.02. The molecule has 3 nitrogen and oxygen atoms in total. The molecule has 5 heteroatoms. The van der Waals surface area contributed by atoms with Crippen molar-refractivity contribution >= 4 is 23.2 Å². The number of hydrogen-bond acceptors (Lipinski definition) is 2. The van der Waals surface area contributed by atoms with Crippen LogP contribution in [0, 0.1) is 0 Å². The lowest BCUT2D eigenvalue weighted by atomic mass is 10.0. The van der Waals surface area contributed by atoms with Gasteiger partial charge in [-0.3, -0.25) is 0 Å². The zero-order valence-electron chi connectivity index (χ0n) is 10.3. The number of aryl methyl sites for hydroxylation is 1. The van der Waals surface area contributed by atoms with Gasteiger partial charge in [0, 0.05) is 31.9 Å². The molecule has 0 aliphatic rings. The molecule has 18 heavy (non-hydrogen) atoms. The van der Waals surface area contributed by atoms with Gasteiger partial charge in [-0.1, -0.05) is 29.3 Å². The van der Waals surface area contributed by atoms with Crippen molar-refractivity contribution in [2.75, 3.05) is 7.05 Å². The molecule has 96 valence electrons. The Kier molecular flexibility index (Phi) is 4.27. The van der Waals surface area contributed by atoms with Crippen LogP contribution in [0.4, 0.5) is 0 Å². The van der Waals surface area contributed by atoms with Gasteiger partial charge in [-0.2, -0.15) is 0 Å². The van der Waals surface area contributed by atoms with Gasteiger partial charge >= 0.3 is 0 Å². The Bertz CT molecular complexity index is 537. The monoisotopic (exact) mass is 283 g/mol. The molecule has 2 aromatic rings. The van der Waals surface area contributed by atoms with Gasteiger partial charge in [0.25, 0.3) is 0 Å². The minimum atomic E-state index is 0.167. The van der Waals surface area contributed by atoms with Crippen molar-refractivity contribution in [1.82, 2.24) is 14.9 Å². The number of likely N-dealkylation sites (N-methyl/N-ethyl adjacent to an activating group) is 1. The molecule has 0 aliphatic heterocycles. The van der Waals surface area contributed by atoms with E-state index in [0.717, 1.165) is 17.8 Å². The van der Waals surface area contributed by atoms with Crippen molar-refractivity contribution in [3.8, 4) is 0 Å². The van der Waals surface area contributed by atoms with Gasteiger partial charge in [0.05, 0.1) is 10.0 Å². The largest absolute Gasteiger partial charge is 0.338 e. The number of halogens is 2. The Hall–Kier alpha value is -1.03. The lowest BCUT2D eigenvalue weighted by Gasteiger charge is -2.17. The first kappa shape index (κ1) is 13.4. The fourth-order valence-electron chi connectivity index (χ4n) is 1.89. The normalized spacial score (nSPS) is 12.7. The van der Waals surface area contributed by atoms with Crippen molar-refractivity contribution in [2.24, 2.45) is 7.05 Å². The SMILES string of the molecule is CNC(Cc1nccn1C)c1ccc(Cl)c(Cl)c1. The molecule has 0 saturated carbocycles. The standard InChI is InChI=1S/C13H15Cl2N3/c1-16-12(8-13-17-5-6-18(13)2)9-3-4-10(14)11(15)7-9/h3-7,12,16H,8H2,1-2H3. The molecule has 0 radical (unpaired) electrons. The van der Waals surface area contributed by atoms with E-state index in [0.29, 0.717) is 10.0 Å². The third kappa shape index (κ3) is 2.86. The van der Waals surface area contributed by atoms with Crippen LogP contribution in [0.5, 0.6) is 0 Å². The molecule has 1 atom stereocenters. The molecule has 0 amide bonds. The van der Waals surface area contributed by atoms with E-state index in [-0.39, 0.29) is 6.04 Å². The van der Waals surface area contributed by atoms with Crippen molar-refractivity contribution in [2.45, 2.75) is 12.5 Å². The van der Waals surface area contributed by atoms with Gasteiger partial charge in [0.15, 0.2) is 0 Å².